The van der Waals surface area contributed by atoms with E-state index >= 15 is 0 Å². The van der Waals surface area contributed by atoms with Crippen molar-refractivity contribution in [1.29, 1.82) is 0 Å². The highest BCUT2D eigenvalue weighted by Crippen LogP contribution is 2.41. The number of hydrogen-bond donors (Lipinski definition) is 3. The third-order valence-corrected chi connectivity index (χ3v) is 10.2. The minimum absolute atomic E-state index is 0.160. The van der Waals surface area contributed by atoms with Crippen LogP contribution in [0.1, 0.15) is 68.4 Å². The lowest BCUT2D eigenvalue weighted by atomic mass is 9.80. The van der Waals surface area contributed by atoms with Crippen LogP contribution in [0.25, 0.3) is 21.2 Å². The molecule has 0 bridgehead atoms. The van der Waals surface area contributed by atoms with Crippen molar-refractivity contribution in [2.45, 2.75) is 75.8 Å². The van der Waals surface area contributed by atoms with Crippen LogP contribution in [0.2, 0.25) is 0 Å². The molecule has 8 nitrogen and oxygen atoms in total. The van der Waals surface area contributed by atoms with Gasteiger partial charge in [0.25, 0.3) is 5.91 Å². The van der Waals surface area contributed by atoms with E-state index < -0.39 is 27.4 Å². The monoisotopic (exact) mass is 555 g/mol. The Labute approximate surface area is 226 Å². The zero-order valence-electron chi connectivity index (χ0n) is 21.8. The van der Waals surface area contributed by atoms with Crippen LogP contribution in [-0.4, -0.2) is 42.0 Å². The van der Waals surface area contributed by atoms with E-state index in [1.54, 1.807) is 6.07 Å². The van der Waals surface area contributed by atoms with E-state index in [4.69, 9.17) is 10.1 Å². The van der Waals surface area contributed by atoms with Crippen LogP contribution in [0.3, 0.4) is 0 Å². The lowest BCUT2D eigenvalue weighted by Gasteiger charge is -2.32. The Morgan fingerprint density at radius 3 is 2.37 bits per heavy atom. The molecule has 2 saturated carbocycles. The largest absolute Gasteiger partial charge is 0.481 e. The standard InChI is InChI=1S/C28H33N3O5S2/c1-28(2,3)31-38(35,36)23-12-11-21(19-9-4-5-10-20(19)23)24-22(13-16-7-6-8-16)30-26(37-24)25(32)29-18-14-17(15-18)27(33)34/h4-5,9-12,16-18,31H,6-8,13-15H2,1-3H3,(H,29,32)(H,33,34). The highest BCUT2D eigenvalue weighted by Gasteiger charge is 2.36. The summed E-state index contributed by atoms with van der Waals surface area (Å²) >= 11 is 1.31. The quantitative estimate of drug-likeness (QED) is 0.360. The SMILES string of the molecule is CC(C)(C)NS(=O)(=O)c1ccc(-c2sc(C(=O)NC3CC(C(=O)O)C3)nc2CC2CCC2)c2ccccc12. The summed E-state index contributed by atoms with van der Waals surface area (Å²) in [6, 6.07) is 10.7. The van der Waals surface area contributed by atoms with Crippen molar-refractivity contribution < 1.29 is 23.1 Å². The van der Waals surface area contributed by atoms with Gasteiger partial charge in [0.15, 0.2) is 5.01 Å². The van der Waals surface area contributed by atoms with E-state index in [-0.39, 0.29) is 16.8 Å². The first kappa shape index (κ1) is 26.8. The molecule has 38 heavy (non-hydrogen) atoms. The molecule has 2 aliphatic carbocycles. The van der Waals surface area contributed by atoms with Gasteiger partial charge in [0, 0.05) is 22.5 Å². The predicted molar refractivity (Wildman–Crippen MR) is 148 cm³/mol. The van der Waals surface area contributed by atoms with Gasteiger partial charge in [0.1, 0.15) is 0 Å². The maximum Gasteiger partial charge on any atom is 0.306 e. The molecule has 0 saturated heterocycles. The topological polar surface area (TPSA) is 125 Å². The first-order chi connectivity index (χ1) is 17.9. The number of rotatable bonds is 8. The van der Waals surface area contributed by atoms with Crippen molar-refractivity contribution in [1.82, 2.24) is 15.0 Å². The number of carbonyl (C=O) groups is 2. The van der Waals surface area contributed by atoms with Gasteiger partial charge in [-0.2, -0.15) is 0 Å². The number of sulfonamides is 1. The second-order valence-electron chi connectivity index (χ2n) is 11.5. The fraction of sp³-hybridized carbons (Fsp3) is 0.464. The summed E-state index contributed by atoms with van der Waals surface area (Å²) < 4.78 is 29.3. The fourth-order valence-electron chi connectivity index (χ4n) is 5.11. The van der Waals surface area contributed by atoms with Crippen LogP contribution >= 0.6 is 11.3 Å². The Bertz CT molecular complexity index is 1500. The molecule has 2 aromatic carbocycles. The zero-order chi connectivity index (χ0) is 27.2. The third kappa shape index (κ3) is 5.48. The summed E-state index contributed by atoms with van der Waals surface area (Å²) in [5.74, 6) is -1.00. The fourth-order valence-corrected chi connectivity index (χ4v) is 7.78. The molecule has 2 aliphatic rings. The van der Waals surface area contributed by atoms with E-state index in [9.17, 15) is 18.0 Å². The van der Waals surface area contributed by atoms with E-state index in [0.717, 1.165) is 40.8 Å². The molecular formula is C28H33N3O5S2. The summed E-state index contributed by atoms with van der Waals surface area (Å²) in [7, 11) is -3.76. The molecule has 0 spiro atoms. The molecule has 5 rings (SSSR count). The van der Waals surface area contributed by atoms with Gasteiger partial charge >= 0.3 is 5.97 Å². The van der Waals surface area contributed by atoms with Gasteiger partial charge in [-0.3, -0.25) is 9.59 Å². The highest BCUT2D eigenvalue weighted by molar-refractivity contribution is 7.89. The Kier molecular flexibility index (Phi) is 7.08. The summed E-state index contributed by atoms with van der Waals surface area (Å²) in [5.41, 5.74) is 1.09. The number of carboxylic acid groups (broad SMARTS) is 1. The van der Waals surface area contributed by atoms with Crippen molar-refractivity contribution >= 4 is 44.0 Å². The molecule has 202 valence electrons. The minimum atomic E-state index is -3.76. The van der Waals surface area contributed by atoms with Crippen LogP contribution < -0.4 is 10.0 Å². The normalized spacial score (nSPS) is 20.1. The average Bonchev–Trinajstić information content (AvgIpc) is 3.19. The number of aromatic nitrogens is 1. The van der Waals surface area contributed by atoms with Gasteiger partial charge < -0.3 is 10.4 Å². The maximum atomic E-state index is 13.3. The molecule has 2 fully saturated rings. The van der Waals surface area contributed by atoms with E-state index in [1.165, 1.54) is 17.8 Å². The molecule has 0 unspecified atom stereocenters. The number of thiazole rings is 1. The van der Waals surface area contributed by atoms with Gasteiger partial charge in [0.05, 0.1) is 21.4 Å². The second kappa shape index (κ2) is 10.1. The summed E-state index contributed by atoms with van der Waals surface area (Å²) in [6.07, 6.45) is 5.08. The van der Waals surface area contributed by atoms with Gasteiger partial charge in [-0.1, -0.05) is 49.6 Å². The summed E-state index contributed by atoms with van der Waals surface area (Å²) in [6.45, 7) is 5.43. The molecular weight excluding hydrogens is 522 g/mol. The molecule has 0 aliphatic heterocycles. The molecule has 1 aromatic heterocycles. The van der Waals surface area contributed by atoms with Crippen molar-refractivity contribution in [3.63, 3.8) is 0 Å². The van der Waals surface area contributed by atoms with Crippen molar-refractivity contribution in [2.24, 2.45) is 11.8 Å². The molecule has 0 radical (unpaired) electrons. The smallest absolute Gasteiger partial charge is 0.306 e. The van der Waals surface area contributed by atoms with Gasteiger partial charge in [-0.05, 0) is 57.4 Å². The summed E-state index contributed by atoms with van der Waals surface area (Å²) in [5, 5.41) is 13.8. The van der Waals surface area contributed by atoms with Gasteiger partial charge in [-0.15, -0.1) is 11.3 Å². The first-order valence-electron chi connectivity index (χ1n) is 13.0. The van der Waals surface area contributed by atoms with E-state index in [1.807, 2.05) is 51.1 Å². The third-order valence-electron chi connectivity index (χ3n) is 7.28. The number of fused-ring (bicyclic) bond motifs is 1. The number of carbonyl (C=O) groups excluding carboxylic acids is 1. The maximum absolute atomic E-state index is 13.3. The number of aliphatic carboxylic acids is 1. The average molecular weight is 556 g/mol. The number of hydrogen-bond acceptors (Lipinski definition) is 6. The molecule has 3 N–H and O–H groups in total. The highest BCUT2D eigenvalue weighted by atomic mass is 32.2. The molecule has 10 heteroatoms. The van der Waals surface area contributed by atoms with Crippen LogP contribution in [0.4, 0.5) is 0 Å². The van der Waals surface area contributed by atoms with Crippen molar-refractivity contribution in [2.75, 3.05) is 0 Å². The number of benzene rings is 2. The molecule has 1 heterocycles. The molecule has 1 amide bonds. The number of nitrogens with zero attached hydrogens (tertiary/aromatic N) is 1. The van der Waals surface area contributed by atoms with Crippen LogP contribution in [0.5, 0.6) is 0 Å². The molecule has 3 aromatic rings. The minimum Gasteiger partial charge on any atom is -0.481 e. The first-order valence-corrected chi connectivity index (χ1v) is 15.3. The van der Waals surface area contributed by atoms with Crippen molar-refractivity contribution in [3.8, 4) is 10.4 Å². The van der Waals surface area contributed by atoms with Gasteiger partial charge in [-0.25, -0.2) is 18.1 Å². The molecule has 0 atom stereocenters. The lowest BCUT2D eigenvalue weighted by molar-refractivity contribution is -0.145. The van der Waals surface area contributed by atoms with Crippen molar-refractivity contribution in [3.05, 3.63) is 47.1 Å². The Morgan fingerprint density at radius 1 is 1.08 bits per heavy atom. The van der Waals surface area contributed by atoms with Crippen LogP contribution in [0, 0.1) is 11.8 Å². The lowest BCUT2D eigenvalue weighted by Crippen LogP contribution is -2.46. The Balaban J connectivity index is 1.52. The predicted octanol–water partition coefficient (Wildman–Crippen LogP) is 4.98. The van der Waals surface area contributed by atoms with Gasteiger partial charge in [0.2, 0.25) is 10.0 Å². The Hall–Kier alpha value is -2.82. The Morgan fingerprint density at radius 2 is 1.76 bits per heavy atom. The second-order valence-corrected chi connectivity index (χ2v) is 14.1. The van der Waals surface area contributed by atoms with E-state index in [0.29, 0.717) is 29.2 Å². The number of amides is 1. The number of nitrogens with one attached hydrogen (secondary N) is 2. The van der Waals surface area contributed by atoms with Crippen LogP contribution in [0.15, 0.2) is 41.3 Å². The van der Waals surface area contributed by atoms with E-state index in [2.05, 4.69) is 10.0 Å². The zero-order valence-corrected chi connectivity index (χ0v) is 23.4. The van der Waals surface area contributed by atoms with Crippen LogP contribution in [-0.2, 0) is 21.2 Å². The number of carboxylic acids is 1. The summed E-state index contributed by atoms with van der Waals surface area (Å²) in [4.78, 5) is 30.0.